The molecule has 6 heteroatoms. The number of rotatable bonds is 5. The molecule has 1 aromatic carbocycles. The Labute approximate surface area is 89.5 Å². The fourth-order valence-corrected chi connectivity index (χ4v) is 1.70. The lowest BCUT2D eigenvalue weighted by molar-refractivity contribution is 0.596. The third kappa shape index (κ3) is 5.24. The highest BCUT2D eigenvalue weighted by molar-refractivity contribution is 7.89. The Hall–Kier alpha value is -1.27. The predicted octanol–water partition coefficient (Wildman–Crippen LogP) is 0.359. The molecule has 5 N–H and O–H groups in total. The van der Waals surface area contributed by atoms with Gasteiger partial charge in [0, 0.05) is 17.9 Å². The van der Waals surface area contributed by atoms with E-state index in [0.717, 1.165) is 5.69 Å². The van der Waals surface area contributed by atoms with E-state index in [1.54, 1.807) is 12.1 Å². The molecule has 0 radical (unpaired) electrons. The summed E-state index contributed by atoms with van der Waals surface area (Å²) in [6.07, 6.45) is 0.480. The van der Waals surface area contributed by atoms with Crippen LogP contribution in [0.4, 0.5) is 11.4 Å². The van der Waals surface area contributed by atoms with Gasteiger partial charge in [-0.2, -0.15) is 0 Å². The van der Waals surface area contributed by atoms with Gasteiger partial charge in [0.1, 0.15) is 0 Å². The summed E-state index contributed by atoms with van der Waals surface area (Å²) in [4.78, 5) is 0. The van der Waals surface area contributed by atoms with Gasteiger partial charge in [-0.05, 0) is 24.6 Å². The van der Waals surface area contributed by atoms with E-state index in [1.165, 1.54) is 0 Å². The quantitative estimate of drug-likeness (QED) is 0.501. The van der Waals surface area contributed by atoms with Crippen molar-refractivity contribution in [2.24, 2.45) is 5.14 Å². The summed E-state index contributed by atoms with van der Waals surface area (Å²) in [5, 5.41) is 7.92. The fraction of sp³-hybridized carbons (Fsp3) is 0.333. The molecule has 0 aliphatic heterocycles. The first kappa shape index (κ1) is 11.8. The lowest BCUT2D eigenvalue weighted by Gasteiger charge is -2.06. The standard InChI is InChI=1S/C9H15N3O2S/c10-8-3-1-4-9(7-8)12-5-2-6-15(11,13)14/h1,3-4,7,12H,2,5-6,10H2,(H2,11,13,14). The summed E-state index contributed by atoms with van der Waals surface area (Å²) in [6.45, 7) is 0.555. The highest BCUT2D eigenvalue weighted by atomic mass is 32.2. The van der Waals surface area contributed by atoms with Gasteiger partial charge in [-0.25, -0.2) is 13.6 Å². The molecule has 5 nitrogen and oxygen atoms in total. The Morgan fingerprint density at radius 1 is 1.33 bits per heavy atom. The fourth-order valence-electron chi connectivity index (χ4n) is 1.15. The number of nitrogen functional groups attached to an aromatic ring is 1. The highest BCUT2D eigenvalue weighted by Crippen LogP contribution is 2.11. The van der Waals surface area contributed by atoms with Gasteiger partial charge >= 0.3 is 0 Å². The zero-order valence-electron chi connectivity index (χ0n) is 8.31. The number of hydrogen-bond acceptors (Lipinski definition) is 4. The molecule has 0 spiro atoms. The summed E-state index contributed by atoms with van der Waals surface area (Å²) in [6, 6.07) is 7.27. The molecule has 0 aliphatic rings. The van der Waals surface area contributed by atoms with Gasteiger partial charge in [0.15, 0.2) is 0 Å². The number of hydrogen-bond donors (Lipinski definition) is 3. The van der Waals surface area contributed by atoms with Gasteiger partial charge in [0.2, 0.25) is 10.0 Å². The van der Waals surface area contributed by atoms with Crippen molar-refractivity contribution >= 4 is 21.4 Å². The van der Waals surface area contributed by atoms with Crippen molar-refractivity contribution < 1.29 is 8.42 Å². The molecule has 0 atom stereocenters. The topological polar surface area (TPSA) is 98.2 Å². The molecule has 15 heavy (non-hydrogen) atoms. The van der Waals surface area contributed by atoms with E-state index in [-0.39, 0.29) is 5.75 Å². The van der Waals surface area contributed by atoms with Crippen LogP contribution in [0.1, 0.15) is 6.42 Å². The van der Waals surface area contributed by atoms with Crippen molar-refractivity contribution in [3.63, 3.8) is 0 Å². The van der Waals surface area contributed by atoms with Gasteiger partial charge in [-0.1, -0.05) is 6.07 Å². The third-order valence-electron chi connectivity index (χ3n) is 1.82. The van der Waals surface area contributed by atoms with Crippen LogP contribution in [-0.4, -0.2) is 20.7 Å². The molecule has 0 aromatic heterocycles. The van der Waals surface area contributed by atoms with Crippen LogP contribution in [0.2, 0.25) is 0 Å². The van der Waals surface area contributed by atoms with Crippen molar-refractivity contribution in [2.45, 2.75) is 6.42 Å². The van der Waals surface area contributed by atoms with Crippen molar-refractivity contribution in [3.8, 4) is 0 Å². The van der Waals surface area contributed by atoms with Gasteiger partial charge in [0.05, 0.1) is 5.75 Å². The number of benzene rings is 1. The first-order chi connectivity index (χ1) is 6.97. The number of nitrogens with two attached hydrogens (primary N) is 2. The number of anilines is 2. The van der Waals surface area contributed by atoms with Gasteiger partial charge in [-0.15, -0.1) is 0 Å². The zero-order valence-corrected chi connectivity index (χ0v) is 9.13. The van der Waals surface area contributed by atoms with E-state index >= 15 is 0 Å². The van der Waals surface area contributed by atoms with Crippen LogP contribution in [0, 0.1) is 0 Å². The smallest absolute Gasteiger partial charge is 0.209 e. The molecule has 0 saturated heterocycles. The summed E-state index contributed by atoms with van der Waals surface area (Å²) in [5.41, 5.74) is 7.13. The summed E-state index contributed by atoms with van der Waals surface area (Å²) in [5.74, 6) is -0.0116. The third-order valence-corrected chi connectivity index (χ3v) is 2.68. The molecule has 1 rings (SSSR count). The summed E-state index contributed by atoms with van der Waals surface area (Å²) < 4.78 is 21.3. The van der Waals surface area contributed by atoms with Crippen LogP contribution in [0.25, 0.3) is 0 Å². The SMILES string of the molecule is Nc1cccc(NCCCS(N)(=O)=O)c1. The van der Waals surface area contributed by atoms with Gasteiger partial charge < -0.3 is 11.1 Å². The zero-order chi connectivity index (χ0) is 11.3. The van der Waals surface area contributed by atoms with Crippen molar-refractivity contribution in [3.05, 3.63) is 24.3 Å². The molecule has 84 valence electrons. The Morgan fingerprint density at radius 3 is 2.67 bits per heavy atom. The van der Waals surface area contributed by atoms with Crippen LogP contribution < -0.4 is 16.2 Å². The Kier molecular flexibility index (Phi) is 3.93. The molecule has 0 unspecified atom stereocenters. The molecule has 0 fully saturated rings. The van der Waals surface area contributed by atoms with E-state index in [4.69, 9.17) is 10.9 Å². The van der Waals surface area contributed by atoms with Crippen LogP contribution in [-0.2, 0) is 10.0 Å². The molecule has 0 saturated carbocycles. The second kappa shape index (κ2) is 4.99. The van der Waals surface area contributed by atoms with E-state index < -0.39 is 10.0 Å². The van der Waals surface area contributed by atoms with Gasteiger partial charge in [-0.3, -0.25) is 0 Å². The average Bonchev–Trinajstić information content (AvgIpc) is 2.11. The normalized spacial score (nSPS) is 11.3. The number of nitrogens with one attached hydrogen (secondary N) is 1. The minimum absolute atomic E-state index is 0.0116. The second-order valence-corrected chi connectivity index (χ2v) is 5.01. The maximum atomic E-state index is 10.6. The molecule has 0 bridgehead atoms. The molecular formula is C9H15N3O2S. The van der Waals surface area contributed by atoms with Crippen molar-refractivity contribution in [2.75, 3.05) is 23.3 Å². The number of primary sulfonamides is 1. The van der Waals surface area contributed by atoms with Crippen molar-refractivity contribution in [1.29, 1.82) is 0 Å². The molecule has 0 amide bonds. The van der Waals surface area contributed by atoms with Crippen LogP contribution in [0.5, 0.6) is 0 Å². The van der Waals surface area contributed by atoms with Crippen LogP contribution >= 0.6 is 0 Å². The molecular weight excluding hydrogens is 214 g/mol. The minimum Gasteiger partial charge on any atom is -0.399 e. The largest absolute Gasteiger partial charge is 0.399 e. The first-order valence-electron chi connectivity index (χ1n) is 4.57. The monoisotopic (exact) mass is 229 g/mol. The van der Waals surface area contributed by atoms with E-state index in [9.17, 15) is 8.42 Å². The lowest BCUT2D eigenvalue weighted by Crippen LogP contribution is -2.18. The summed E-state index contributed by atoms with van der Waals surface area (Å²) >= 11 is 0. The van der Waals surface area contributed by atoms with E-state index in [1.807, 2.05) is 12.1 Å². The Morgan fingerprint density at radius 2 is 2.07 bits per heavy atom. The van der Waals surface area contributed by atoms with Crippen LogP contribution in [0.15, 0.2) is 24.3 Å². The van der Waals surface area contributed by atoms with E-state index in [2.05, 4.69) is 5.32 Å². The Bertz CT molecular complexity index is 417. The number of sulfonamides is 1. The second-order valence-electron chi connectivity index (χ2n) is 3.27. The van der Waals surface area contributed by atoms with Crippen molar-refractivity contribution in [1.82, 2.24) is 0 Å². The predicted molar refractivity (Wildman–Crippen MR) is 61.9 cm³/mol. The maximum absolute atomic E-state index is 10.6. The van der Waals surface area contributed by atoms with Crippen LogP contribution in [0.3, 0.4) is 0 Å². The maximum Gasteiger partial charge on any atom is 0.209 e. The van der Waals surface area contributed by atoms with Gasteiger partial charge in [0.25, 0.3) is 0 Å². The Balaban J connectivity index is 2.32. The molecule has 1 aromatic rings. The summed E-state index contributed by atoms with van der Waals surface area (Å²) in [7, 11) is -3.35. The average molecular weight is 229 g/mol. The minimum atomic E-state index is -3.35. The molecule has 0 heterocycles. The van der Waals surface area contributed by atoms with E-state index in [0.29, 0.717) is 18.7 Å². The molecule has 0 aliphatic carbocycles. The first-order valence-corrected chi connectivity index (χ1v) is 6.29. The lowest BCUT2D eigenvalue weighted by atomic mass is 10.3. The highest BCUT2D eigenvalue weighted by Gasteiger charge is 2.01.